The number of hydrogen-bond donors (Lipinski definition) is 1. The zero-order chi connectivity index (χ0) is 13.9. The van der Waals surface area contributed by atoms with E-state index in [1.807, 2.05) is 0 Å². The molecule has 0 heterocycles. The van der Waals surface area contributed by atoms with Gasteiger partial charge in [-0.05, 0) is 24.6 Å². The molecule has 0 unspecified atom stereocenters. The number of carbonyl (C=O) groups excluding carboxylic acids is 1. The van der Waals surface area contributed by atoms with Crippen LogP contribution in [0.1, 0.15) is 6.42 Å². The summed E-state index contributed by atoms with van der Waals surface area (Å²) in [6.45, 7) is 1.90. The molecule has 0 radical (unpaired) electrons. The molecule has 1 rings (SSSR count). The first-order chi connectivity index (χ1) is 9.22. The molecule has 0 bridgehead atoms. The van der Waals surface area contributed by atoms with Crippen molar-refractivity contribution in [2.24, 2.45) is 0 Å². The minimum atomic E-state index is -0.152. The Labute approximate surface area is 126 Å². The Morgan fingerprint density at radius 1 is 1.37 bits per heavy atom. The smallest absolute Gasteiger partial charge is 0.257 e. The number of hydrogen-bond acceptors (Lipinski definition) is 3. The molecule has 106 valence electrons. The molecular formula is C13H17BrClNO3. The third-order valence-electron chi connectivity index (χ3n) is 2.18. The number of benzene rings is 1. The lowest BCUT2D eigenvalue weighted by atomic mass is 10.3. The normalized spacial score (nSPS) is 10.2. The highest BCUT2D eigenvalue weighted by atomic mass is 79.9. The van der Waals surface area contributed by atoms with Crippen molar-refractivity contribution >= 4 is 33.4 Å². The first-order valence-electron chi connectivity index (χ1n) is 6.01. The van der Waals surface area contributed by atoms with Gasteiger partial charge >= 0.3 is 0 Å². The molecule has 0 fully saturated rings. The lowest BCUT2D eigenvalue weighted by Crippen LogP contribution is -2.30. The van der Waals surface area contributed by atoms with Gasteiger partial charge in [-0.3, -0.25) is 4.79 Å². The molecule has 0 saturated heterocycles. The third-order valence-corrected chi connectivity index (χ3v) is 2.73. The molecule has 0 aliphatic heterocycles. The number of ether oxygens (including phenoxy) is 2. The van der Waals surface area contributed by atoms with Gasteiger partial charge in [0.05, 0.1) is 6.61 Å². The van der Waals surface area contributed by atoms with Crippen LogP contribution >= 0.6 is 27.5 Å². The second-order valence-corrected chi connectivity index (χ2v) is 4.98. The fourth-order valence-electron chi connectivity index (χ4n) is 1.32. The van der Waals surface area contributed by atoms with Crippen molar-refractivity contribution in [2.45, 2.75) is 6.42 Å². The van der Waals surface area contributed by atoms with E-state index in [0.717, 1.165) is 11.8 Å². The molecule has 0 atom stereocenters. The van der Waals surface area contributed by atoms with E-state index >= 15 is 0 Å². The third kappa shape index (κ3) is 8.08. The Bertz CT molecular complexity index is 390. The fraction of sp³-hybridized carbons (Fsp3) is 0.462. The van der Waals surface area contributed by atoms with Crippen LogP contribution in [0.15, 0.2) is 24.3 Å². The van der Waals surface area contributed by atoms with E-state index in [-0.39, 0.29) is 12.5 Å². The van der Waals surface area contributed by atoms with Crippen LogP contribution in [-0.4, -0.2) is 37.6 Å². The number of halogens is 2. The fourth-order valence-corrected chi connectivity index (χ4v) is 1.72. The van der Waals surface area contributed by atoms with E-state index in [9.17, 15) is 4.79 Å². The highest BCUT2D eigenvalue weighted by molar-refractivity contribution is 9.09. The SMILES string of the molecule is O=C(COc1cccc(Cl)c1)NCCCOCCBr. The summed E-state index contributed by atoms with van der Waals surface area (Å²) in [5, 5.41) is 4.17. The average Bonchev–Trinajstić information content (AvgIpc) is 2.40. The first kappa shape index (κ1) is 16.3. The van der Waals surface area contributed by atoms with Crippen LogP contribution in [-0.2, 0) is 9.53 Å². The van der Waals surface area contributed by atoms with Gasteiger partial charge in [0.1, 0.15) is 5.75 Å². The van der Waals surface area contributed by atoms with Gasteiger partial charge in [0.25, 0.3) is 5.91 Å². The van der Waals surface area contributed by atoms with E-state index in [0.29, 0.717) is 30.5 Å². The van der Waals surface area contributed by atoms with Crippen LogP contribution < -0.4 is 10.1 Å². The van der Waals surface area contributed by atoms with Gasteiger partial charge in [0, 0.05) is 23.5 Å². The Kier molecular flexibility index (Phi) is 8.62. The monoisotopic (exact) mass is 349 g/mol. The maximum atomic E-state index is 11.5. The molecule has 4 nitrogen and oxygen atoms in total. The molecule has 6 heteroatoms. The molecule has 1 aromatic rings. The minimum absolute atomic E-state index is 0.0113. The zero-order valence-corrected chi connectivity index (χ0v) is 12.9. The first-order valence-corrected chi connectivity index (χ1v) is 7.51. The second-order valence-electron chi connectivity index (χ2n) is 3.75. The number of nitrogens with one attached hydrogen (secondary N) is 1. The summed E-state index contributed by atoms with van der Waals surface area (Å²) < 4.78 is 10.6. The summed E-state index contributed by atoms with van der Waals surface area (Å²) in [4.78, 5) is 11.5. The average molecular weight is 351 g/mol. The maximum absolute atomic E-state index is 11.5. The van der Waals surface area contributed by atoms with Gasteiger partial charge in [0.15, 0.2) is 6.61 Å². The number of amides is 1. The molecule has 0 saturated carbocycles. The highest BCUT2D eigenvalue weighted by Crippen LogP contribution is 2.16. The van der Waals surface area contributed by atoms with Gasteiger partial charge in [-0.15, -0.1) is 0 Å². The summed E-state index contributed by atoms with van der Waals surface area (Å²) in [7, 11) is 0. The van der Waals surface area contributed by atoms with Gasteiger partial charge in [-0.1, -0.05) is 33.6 Å². The molecule has 0 aliphatic rings. The van der Waals surface area contributed by atoms with Crippen molar-refractivity contribution in [3.8, 4) is 5.75 Å². The molecule has 1 N–H and O–H groups in total. The lowest BCUT2D eigenvalue weighted by Gasteiger charge is -2.07. The molecule has 1 amide bonds. The van der Waals surface area contributed by atoms with Crippen molar-refractivity contribution in [1.82, 2.24) is 5.32 Å². The standard InChI is InChI=1S/C13H17BrClNO3/c14-5-8-18-7-2-6-16-13(17)10-19-12-4-1-3-11(15)9-12/h1,3-4,9H,2,5-8,10H2,(H,16,17). The number of carbonyl (C=O) groups is 1. The van der Waals surface area contributed by atoms with Crippen LogP contribution in [0.25, 0.3) is 0 Å². The Balaban J connectivity index is 2.08. The van der Waals surface area contributed by atoms with Gasteiger partial charge < -0.3 is 14.8 Å². The molecule has 0 aliphatic carbocycles. The molecular weight excluding hydrogens is 334 g/mol. The summed E-state index contributed by atoms with van der Waals surface area (Å²) >= 11 is 9.08. The summed E-state index contributed by atoms with van der Waals surface area (Å²) in [5.41, 5.74) is 0. The Morgan fingerprint density at radius 3 is 2.95 bits per heavy atom. The predicted molar refractivity (Wildman–Crippen MR) is 79.2 cm³/mol. The van der Waals surface area contributed by atoms with Crippen molar-refractivity contribution < 1.29 is 14.3 Å². The second kappa shape index (κ2) is 10.1. The van der Waals surface area contributed by atoms with E-state index < -0.39 is 0 Å². The Morgan fingerprint density at radius 2 is 2.21 bits per heavy atom. The van der Waals surface area contributed by atoms with Crippen LogP contribution in [0.5, 0.6) is 5.75 Å². The van der Waals surface area contributed by atoms with Crippen LogP contribution in [0.2, 0.25) is 5.02 Å². The molecule has 0 spiro atoms. The van der Waals surface area contributed by atoms with Gasteiger partial charge in [-0.2, -0.15) is 0 Å². The van der Waals surface area contributed by atoms with Gasteiger partial charge in [0.2, 0.25) is 0 Å². The minimum Gasteiger partial charge on any atom is -0.484 e. The van der Waals surface area contributed by atoms with E-state index in [2.05, 4.69) is 21.2 Å². The highest BCUT2D eigenvalue weighted by Gasteiger charge is 2.02. The largest absolute Gasteiger partial charge is 0.484 e. The van der Waals surface area contributed by atoms with Gasteiger partial charge in [-0.25, -0.2) is 0 Å². The maximum Gasteiger partial charge on any atom is 0.257 e. The van der Waals surface area contributed by atoms with Crippen molar-refractivity contribution in [1.29, 1.82) is 0 Å². The summed E-state index contributed by atoms with van der Waals surface area (Å²) in [5.74, 6) is 0.434. The van der Waals surface area contributed by atoms with Crippen molar-refractivity contribution in [2.75, 3.05) is 31.7 Å². The van der Waals surface area contributed by atoms with E-state index in [4.69, 9.17) is 21.1 Å². The molecule has 1 aromatic carbocycles. The topological polar surface area (TPSA) is 47.6 Å². The number of rotatable bonds is 9. The molecule has 0 aromatic heterocycles. The van der Waals surface area contributed by atoms with Crippen LogP contribution in [0.3, 0.4) is 0 Å². The van der Waals surface area contributed by atoms with Crippen molar-refractivity contribution in [3.63, 3.8) is 0 Å². The van der Waals surface area contributed by atoms with E-state index in [1.165, 1.54) is 0 Å². The Hall–Kier alpha value is -0.780. The van der Waals surface area contributed by atoms with Crippen molar-refractivity contribution in [3.05, 3.63) is 29.3 Å². The number of alkyl halides is 1. The summed E-state index contributed by atoms with van der Waals surface area (Å²) in [6, 6.07) is 6.95. The zero-order valence-electron chi connectivity index (χ0n) is 10.5. The van der Waals surface area contributed by atoms with Crippen LogP contribution in [0, 0.1) is 0 Å². The molecule has 19 heavy (non-hydrogen) atoms. The summed E-state index contributed by atoms with van der Waals surface area (Å²) in [6.07, 6.45) is 0.788. The van der Waals surface area contributed by atoms with E-state index in [1.54, 1.807) is 24.3 Å². The lowest BCUT2D eigenvalue weighted by molar-refractivity contribution is -0.123. The quantitative estimate of drug-likeness (QED) is 0.550. The predicted octanol–water partition coefficient (Wildman–Crippen LogP) is 2.64. The van der Waals surface area contributed by atoms with Crippen LogP contribution in [0.4, 0.5) is 0 Å².